The van der Waals surface area contributed by atoms with Gasteiger partial charge in [-0.2, -0.15) is 0 Å². The first kappa shape index (κ1) is 14.6. The molecule has 2 fully saturated rings. The number of hydrogen-bond donors (Lipinski definition) is 2. The van der Waals surface area contributed by atoms with Crippen LogP contribution in [0, 0.1) is 11.3 Å². The first-order chi connectivity index (χ1) is 10.0. The van der Waals surface area contributed by atoms with Gasteiger partial charge in [0.2, 0.25) is 5.91 Å². The molecule has 3 unspecified atom stereocenters. The number of carbonyl (C=O) groups excluding carboxylic acids is 1. The number of aromatic amines is 1. The van der Waals surface area contributed by atoms with E-state index < -0.39 is 0 Å². The van der Waals surface area contributed by atoms with Gasteiger partial charge in [-0.25, -0.2) is 4.98 Å². The molecular formula is C16H25N3O2. The highest BCUT2D eigenvalue weighted by Crippen LogP contribution is 2.51. The van der Waals surface area contributed by atoms with E-state index in [1.807, 2.05) is 0 Å². The standard InChI is InChI=1S/C16H25N3O2/c1-4-10-9-17-12(18-10)8-13(20)19-14-11-6-5-7-21-15(11)16(14,2)3/h9,11,14-15H,4-8H2,1-3H3,(H,17,18)(H,19,20). The first-order valence-corrected chi connectivity index (χ1v) is 7.96. The number of carbonyl (C=O) groups is 1. The lowest BCUT2D eigenvalue weighted by Gasteiger charge is -2.59. The normalized spacial score (nSPS) is 30.3. The van der Waals surface area contributed by atoms with Crippen molar-refractivity contribution in [2.45, 2.75) is 58.6 Å². The van der Waals surface area contributed by atoms with E-state index in [0.29, 0.717) is 18.4 Å². The van der Waals surface area contributed by atoms with Crippen molar-refractivity contribution in [3.05, 3.63) is 17.7 Å². The largest absolute Gasteiger partial charge is 0.377 e. The van der Waals surface area contributed by atoms with E-state index in [0.717, 1.165) is 37.4 Å². The van der Waals surface area contributed by atoms with Crippen LogP contribution in [0.4, 0.5) is 0 Å². The van der Waals surface area contributed by atoms with Gasteiger partial charge in [-0.3, -0.25) is 4.79 Å². The summed E-state index contributed by atoms with van der Waals surface area (Å²) < 4.78 is 5.87. The Morgan fingerprint density at radius 1 is 1.57 bits per heavy atom. The Hall–Kier alpha value is -1.36. The van der Waals surface area contributed by atoms with Crippen molar-refractivity contribution in [2.75, 3.05) is 6.61 Å². The van der Waals surface area contributed by atoms with Crippen LogP contribution in [0.1, 0.15) is 45.1 Å². The van der Waals surface area contributed by atoms with Crippen LogP contribution < -0.4 is 5.32 Å². The summed E-state index contributed by atoms with van der Waals surface area (Å²) in [5.41, 5.74) is 1.10. The molecule has 0 bridgehead atoms. The third kappa shape index (κ3) is 2.59. The molecule has 3 rings (SSSR count). The topological polar surface area (TPSA) is 67.0 Å². The van der Waals surface area contributed by atoms with Gasteiger partial charge in [0.25, 0.3) is 0 Å². The van der Waals surface area contributed by atoms with Crippen LogP contribution in [0.2, 0.25) is 0 Å². The summed E-state index contributed by atoms with van der Waals surface area (Å²) in [6.45, 7) is 7.30. The summed E-state index contributed by atoms with van der Waals surface area (Å²) in [7, 11) is 0. The van der Waals surface area contributed by atoms with E-state index in [4.69, 9.17) is 4.74 Å². The summed E-state index contributed by atoms with van der Waals surface area (Å²) in [4.78, 5) is 19.7. The van der Waals surface area contributed by atoms with E-state index in [1.165, 1.54) is 0 Å². The lowest BCUT2D eigenvalue weighted by molar-refractivity contribution is -0.193. The Balaban J connectivity index is 1.59. The Bertz CT molecular complexity index is 523. The predicted octanol–water partition coefficient (Wildman–Crippen LogP) is 1.83. The van der Waals surface area contributed by atoms with Crippen molar-refractivity contribution < 1.29 is 9.53 Å². The molecule has 3 atom stereocenters. The van der Waals surface area contributed by atoms with Gasteiger partial charge in [0.1, 0.15) is 5.82 Å². The minimum absolute atomic E-state index is 0.0263. The van der Waals surface area contributed by atoms with Crippen molar-refractivity contribution >= 4 is 5.91 Å². The molecule has 5 nitrogen and oxygen atoms in total. The van der Waals surface area contributed by atoms with Crippen molar-refractivity contribution in [3.8, 4) is 0 Å². The molecule has 1 aromatic heterocycles. The van der Waals surface area contributed by atoms with Gasteiger partial charge in [0.15, 0.2) is 0 Å². The highest BCUT2D eigenvalue weighted by atomic mass is 16.5. The summed E-state index contributed by atoms with van der Waals surface area (Å²) in [5, 5.41) is 3.20. The van der Waals surface area contributed by atoms with Crippen LogP contribution in [-0.4, -0.2) is 34.6 Å². The smallest absolute Gasteiger partial charge is 0.227 e. The molecule has 0 spiro atoms. The Morgan fingerprint density at radius 3 is 3.10 bits per heavy atom. The number of aromatic nitrogens is 2. The maximum Gasteiger partial charge on any atom is 0.227 e. The molecule has 1 amide bonds. The molecule has 1 aliphatic carbocycles. The molecule has 2 N–H and O–H groups in total. The second-order valence-electron chi connectivity index (χ2n) is 6.85. The van der Waals surface area contributed by atoms with E-state index in [-0.39, 0.29) is 17.4 Å². The zero-order valence-electron chi connectivity index (χ0n) is 13.1. The highest BCUT2D eigenvalue weighted by Gasteiger charge is 2.58. The van der Waals surface area contributed by atoms with Crippen LogP contribution in [-0.2, 0) is 22.4 Å². The van der Waals surface area contributed by atoms with Gasteiger partial charge in [-0.05, 0) is 19.3 Å². The van der Waals surface area contributed by atoms with Crippen molar-refractivity contribution in [2.24, 2.45) is 11.3 Å². The molecule has 2 aliphatic rings. The average molecular weight is 291 g/mol. The van der Waals surface area contributed by atoms with E-state index in [2.05, 4.69) is 36.1 Å². The fourth-order valence-electron chi connectivity index (χ4n) is 3.87. The maximum atomic E-state index is 12.3. The van der Waals surface area contributed by atoms with Gasteiger partial charge in [-0.15, -0.1) is 0 Å². The number of H-pyrrole nitrogens is 1. The number of amides is 1. The molecule has 0 radical (unpaired) electrons. The highest BCUT2D eigenvalue weighted by molar-refractivity contribution is 5.78. The molecule has 116 valence electrons. The van der Waals surface area contributed by atoms with Crippen molar-refractivity contribution in [1.29, 1.82) is 0 Å². The fourth-order valence-corrected chi connectivity index (χ4v) is 3.87. The molecule has 21 heavy (non-hydrogen) atoms. The molecule has 5 heteroatoms. The van der Waals surface area contributed by atoms with E-state index in [1.54, 1.807) is 6.20 Å². The third-order valence-corrected chi connectivity index (χ3v) is 5.04. The third-order valence-electron chi connectivity index (χ3n) is 5.04. The van der Waals surface area contributed by atoms with Crippen LogP contribution in [0.5, 0.6) is 0 Å². The maximum absolute atomic E-state index is 12.3. The van der Waals surface area contributed by atoms with Gasteiger partial charge in [0, 0.05) is 35.9 Å². The number of aryl methyl sites for hydroxylation is 1. The van der Waals surface area contributed by atoms with Gasteiger partial charge in [0.05, 0.1) is 12.5 Å². The predicted molar refractivity (Wildman–Crippen MR) is 79.8 cm³/mol. The summed E-state index contributed by atoms with van der Waals surface area (Å²) in [5.74, 6) is 1.27. The van der Waals surface area contributed by atoms with E-state index in [9.17, 15) is 4.79 Å². The molecule has 1 saturated heterocycles. The average Bonchev–Trinajstić information content (AvgIpc) is 2.92. The Morgan fingerprint density at radius 2 is 2.38 bits per heavy atom. The number of hydrogen-bond acceptors (Lipinski definition) is 3. The number of nitrogens with one attached hydrogen (secondary N) is 2. The zero-order valence-corrected chi connectivity index (χ0v) is 13.1. The van der Waals surface area contributed by atoms with Gasteiger partial charge >= 0.3 is 0 Å². The Labute approximate surface area is 125 Å². The van der Waals surface area contributed by atoms with Crippen molar-refractivity contribution in [1.82, 2.24) is 15.3 Å². The van der Waals surface area contributed by atoms with Gasteiger partial charge < -0.3 is 15.0 Å². The van der Waals surface area contributed by atoms with Crippen LogP contribution >= 0.6 is 0 Å². The summed E-state index contributed by atoms with van der Waals surface area (Å²) >= 11 is 0. The minimum atomic E-state index is 0.0263. The second kappa shape index (κ2) is 5.44. The van der Waals surface area contributed by atoms with Gasteiger partial charge in [-0.1, -0.05) is 20.8 Å². The number of ether oxygens (including phenoxy) is 1. The molecule has 1 aliphatic heterocycles. The molecule has 2 heterocycles. The second-order valence-corrected chi connectivity index (χ2v) is 6.85. The molecule has 0 aromatic carbocycles. The quantitative estimate of drug-likeness (QED) is 0.889. The SMILES string of the molecule is CCc1cnc(CC(=O)NC2C3CCCOC3C2(C)C)[nH]1. The van der Waals surface area contributed by atoms with Crippen LogP contribution in [0.3, 0.4) is 0 Å². The lowest BCUT2D eigenvalue weighted by atomic mass is 9.55. The molecular weight excluding hydrogens is 266 g/mol. The van der Waals surface area contributed by atoms with Crippen LogP contribution in [0.25, 0.3) is 0 Å². The first-order valence-electron chi connectivity index (χ1n) is 7.96. The lowest BCUT2D eigenvalue weighted by Crippen LogP contribution is -2.70. The number of nitrogens with zero attached hydrogens (tertiary/aromatic N) is 1. The Kier molecular flexibility index (Phi) is 3.78. The number of fused-ring (bicyclic) bond motifs is 1. The monoisotopic (exact) mass is 291 g/mol. The number of imidazole rings is 1. The van der Waals surface area contributed by atoms with Crippen molar-refractivity contribution in [3.63, 3.8) is 0 Å². The number of rotatable bonds is 4. The zero-order chi connectivity index (χ0) is 15.0. The minimum Gasteiger partial charge on any atom is -0.377 e. The fraction of sp³-hybridized carbons (Fsp3) is 0.750. The molecule has 1 saturated carbocycles. The summed E-state index contributed by atoms with van der Waals surface area (Å²) in [6, 6.07) is 0.218. The van der Waals surface area contributed by atoms with Crippen LogP contribution in [0.15, 0.2) is 6.20 Å². The summed E-state index contributed by atoms with van der Waals surface area (Å²) in [6.07, 6.45) is 5.59. The molecule has 1 aromatic rings. The van der Waals surface area contributed by atoms with E-state index >= 15 is 0 Å².